The molecule has 5 nitrogen and oxygen atoms in total. The molecule has 0 saturated carbocycles. The van der Waals surface area contributed by atoms with Gasteiger partial charge in [0.2, 0.25) is 0 Å². The average Bonchev–Trinajstić information content (AvgIpc) is 2.51. The van der Waals surface area contributed by atoms with Crippen molar-refractivity contribution in [3.8, 4) is 0 Å². The Balaban J connectivity index is 2.01. The predicted molar refractivity (Wildman–Crippen MR) is 86.9 cm³/mol. The Labute approximate surface area is 137 Å². The first-order valence-corrected chi connectivity index (χ1v) is 9.37. The molecule has 2 aromatic rings. The largest absolute Gasteiger partial charge is 0.289 e. The summed E-state index contributed by atoms with van der Waals surface area (Å²) < 4.78 is 30.4. The van der Waals surface area contributed by atoms with Gasteiger partial charge in [0.05, 0.1) is 5.75 Å². The zero-order valence-electron chi connectivity index (χ0n) is 11.9. The number of fused-ring (bicyclic) bond motifs is 2. The van der Waals surface area contributed by atoms with Crippen LogP contribution in [0.2, 0.25) is 0 Å². The molecular weight excluding hydrogens is 336 g/mol. The number of hydrogen-bond acceptors (Lipinski definition) is 5. The first-order chi connectivity index (χ1) is 10.9. The zero-order valence-corrected chi connectivity index (χ0v) is 13.5. The van der Waals surface area contributed by atoms with Crippen LogP contribution in [-0.4, -0.2) is 36.0 Å². The normalized spacial score (nSPS) is 13.6. The van der Waals surface area contributed by atoms with Crippen LogP contribution in [0.1, 0.15) is 31.8 Å². The molecule has 0 atom stereocenters. The Hall–Kier alpha value is -1.96. The minimum Gasteiger partial charge on any atom is -0.289 e. The molecule has 0 radical (unpaired) electrons. The highest BCUT2D eigenvalue weighted by Crippen LogP contribution is 2.33. The summed E-state index contributed by atoms with van der Waals surface area (Å²) in [6.45, 7) is 0. The molecule has 0 amide bonds. The van der Waals surface area contributed by atoms with E-state index in [4.69, 9.17) is 4.55 Å². The Bertz CT molecular complexity index is 916. The van der Waals surface area contributed by atoms with Gasteiger partial charge in [-0.05, 0) is 6.07 Å². The third-order valence-electron chi connectivity index (χ3n) is 3.51. The minimum absolute atomic E-state index is 0.0956. The van der Waals surface area contributed by atoms with Crippen LogP contribution in [0, 0.1) is 0 Å². The highest BCUT2D eigenvalue weighted by Gasteiger charge is 2.31. The highest BCUT2D eigenvalue weighted by molar-refractivity contribution is 8.00. The fourth-order valence-electron chi connectivity index (χ4n) is 2.49. The van der Waals surface area contributed by atoms with Crippen molar-refractivity contribution in [2.24, 2.45) is 0 Å². The summed E-state index contributed by atoms with van der Waals surface area (Å²) in [5, 5.41) is 0. The number of ketones is 2. The first kappa shape index (κ1) is 15.9. The summed E-state index contributed by atoms with van der Waals surface area (Å²) in [4.78, 5) is 25.8. The van der Waals surface area contributed by atoms with E-state index in [9.17, 15) is 18.0 Å². The van der Waals surface area contributed by atoms with E-state index < -0.39 is 15.9 Å². The third kappa shape index (κ3) is 3.08. The summed E-state index contributed by atoms with van der Waals surface area (Å²) >= 11 is 1.13. The molecule has 1 aliphatic rings. The average molecular weight is 348 g/mol. The van der Waals surface area contributed by atoms with E-state index in [2.05, 4.69) is 0 Å². The van der Waals surface area contributed by atoms with Crippen molar-refractivity contribution in [1.82, 2.24) is 0 Å². The molecule has 0 aromatic heterocycles. The SMILES string of the molecule is O=C1c2ccccc2C(=O)c2c(SCCS(=O)(=O)O)cccc21. The molecule has 7 heteroatoms. The fraction of sp³-hybridized carbons (Fsp3) is 0.125. The van der Waals surface area contributed by atoms with E-state index in [1.807, 2.05) is 0 Å². The third-order valence-corrected chi connectivity index (χ3v) is 5.55. The molecule has 0 saturated heterocycles. The van der Waals surface area contributed by atoms with Crippen molar-refractivity contribution in [3.63, 3.8) is 0 Å². The lowest BCUT2D eigenvalue weighted by atomic mass is 9.84. The number of hydrogen-bond donors (Lipinski definition) is 1. The summed E-state index contributed by atoms with van der Waals surface area (Å²) in [6, 6.07) is 11.6. The second kappa shape index (κ2) is 5.92. The zero-order chi connectivity index (χ0) is 16.6. The Kier molecular flexibility index (Phi) is 4.09. The molecule has 3 rings (SSSR count). The van der Waals surface area contributed by atoms with Gasteiger partial charge in [-0.1, -0.05) is 36.4 Å². The van der Waals surface area contributed by atoms with Crippen LogP contribution in [0.25, 0.3) is 0 Å². The van der Waals surface area contributed by atoms with Gasteiger partial charge in [-0.2, -0.15) is 8.42 Å². The van der Waals surface area contributed by atoms with Gasteiger partial charge in [0, 0.05) is 32.9 Å². The van der Waals surface area contributed by atoms with Crippen molar-refractivity contribution in [2.75, 3.05) is 11.5 Å². The lowest BCUT2D eigenvalue weighted by Crippen LogP contribution is -2.21. The lowest BCUT2D eigenvalue weighted by Gasteiger charge is -2.19. The van der Waals surface area contributed by atoms with E-state index in [-0.39, 0.29) is 17.3 Å². The maximum absolute atomic E-state index is 12.7. The highest BCUT2D eigenvalue weighted by atomic mass is 32.2. The molecule has 1 N–H and O–H groups in total. The van der Waals surface area contributed by atoms with Crippen molar-refractivity contribution in [3.05, 3.63) is 64.7 Å². The number of thioether (sulfide) groups is 1. The maximum Gasteiger partial charge on any atom is 0.265 e. The smallest absolute Gasteiger partial charge is 0.265 e. The van der Waals surface area contributed by atoms with Crippen molar-refractivity contribution in [2.45, 2.75) is 4.90 Å². The van der Waals surface area contributed by atoms with Crippen LogP contribution in [0.15, 0.2) is 47.4 Å². The Morgan fingerprint density at radius 1 is 0.870 bits per heavy atom. The standard InChI is InChI=1S/C16H12O5S2/c17-15-10-4-1-2-5-11(10)16(18)14-12(15)6-3-7-13(14)22-8-9-23(19,20)21/h1-7H,8-9H2,(H,19,20,21). The van der Waals surface area contributed by atoms with Crippen LogP contribution < -0.4 is 0 Å². The molecule has 0 aliphatic heterocycles. The van der Waals surface area contributed by atoms with Gasteiger partial charge in [0.25, 0.3) is 10.1 Å². The van der Waals surface area contributed by atoms with Crippen LogP contribution in [-0.2, 0) is 10.1 Å². The van der Waals surface area contributed by atoms with Crippen LogP contribution in [0.4, 0.5) is 0 Å². The van der Waals surface area contributed by atoms with E-state index in [1.165, 1.54) is 0 Å². The molecule has 0 fully saturated rings. The van der Waals surface area contributed by atoms with Gasteiger partial charge in [-0.3, -0.25) is 14.1 Å². The van der Waals surface area contributed by atoms with E-state index >= 15 is 0 Å². The molecule has 1 aliphatic carbocycles. The van der Waals surface area contributed by atoms with Gasteiger partial charge < -0.3 is 0 Å². The van der Waals surface area contributed by atoms with Gasteiger partial charge in [0.15, 0.2) is 11.6 Å². The topological polar surface area (TPSA) is 88.5 Å². The minimum atomic E-state index is -4.06. The number of carbonyl (C=O) groups excluding carboxylic acids is 2. The summed E-state index contributed by atoms with van der Waals surface area (Å²) in [5.74, 6) is -0.782. The monoisotopic (exact) mass is 348 g/mol. The van der Waals surface area contributed by atoms with Gasteiger partial charge >= 0.3 is 0 Å². The van der Waals surface area contributed by atoms with Crippen LogP contribution in [0.5, 0.6) is 0 Å². The predicted octanol–water partition coefficient (Wildman–Crippen LogP) is 2.44. The maximum atomic E-state index is 12.7. The molecular formula is C16H12O5S2. The summed E-state index contributed by atoms with van der Waals surface area (Å²) in [6.07, 6.45) is 0. The van der Waals surface area contributed by atoms with E-state index in [1.54, 1.807) is 42.5 Å². The van der Waals surface area contributed by atoms with Crippen LogP contribution in [0.3, 0.4) is 0 Å². The second-order valence-electron chi connectivity index (χ2n) is 5.02. The van der Waals surface area contributed by atoms with Crippen molar-refractivity contribution < 1.29 is 22.6 Å². The molecule has 0 heterocycles. The number of rotatable bonds is 4. The molecule has 0 bridgehead atoms. The van der Waals surface area contributed by atoms with E-state index in [0.29, 0.717) is 27.1 Å². The second-order valence-corrected chi connectivity index (χ2v) is 7.73. The molecule has 0 unspecified atom stereocenters. The van der Waals surface area contributed by atoms with Gasteiger partial charge in [-0.15, -0.1) is 11.8 Å². The fourth-order valence-corrected chi connectivity index (χ4v) is 4.41. The summed E-state index contributed by atoms with van der Waals surface area (Å²) in [7, 11) is -4.06. The lowest BCUT2D eigenvalue weighted by molar-refractivity contribution is 0.0977. The number of benzene rings is 2. The van der Waals surface area contributed by atoms with E-state index in [0.717, 1.165) is 11.8 Å². The Morgan fingerprint density at radius 3 is 2.13 bits per heavy atom. The summed E-state index contributed by atoms with van der Waals surface area (Å²) in [5.41, 5.74) is 1.36. The first-order valence-electron chi connectivity index (χ1n) is 6.78. The van der Waals surface area contributed by atoms with Gasteiger partial charge in [0.1, 0.15) is 0 Å². The molecule has 0 spiro atoms. The number of carbonyl (C=O) groups is 2. The Morgan fingerprint density at radius 2 is 1.48 bits per heavy atom. The van der Waals surface area contributed by atoms with Gasteiger partial charge in [-0.25, -0.2) is 0 Å². The molecule has 2 aromatic carbocycles. The quantitative estimate of drug-likeness (QED) is 0.575. The molecule has 118 valence electrons. The van der Waals surface area contributed by atoms with Crippen LogP contribution >= 0.6 is 11.8 Å². The van der Waals surface area contributed by atoms with Crippen molar-refractivity contribution >= 4 is 33.4 Å². The van der Waals surface area contributed by atoms with Crippen molar-refractivity contribution in [1.29, 1.82) is 0 Å². The molecule has 23 heavy (non-hydrogen) atoms.